The van der Waals surface area contributed by atoms with Crippen molar-refractivity contribution in [3.63, 3.8) is 0 Å². The lowest BCUT2D eigenvalue weighted by molar-refractivity contribution is 0.0178. The van der Waals surface area contributed by atoms with Gasteiger partial charge in [-0.3, -0.25) is 4.79 Å². The zero-order chi connectivity index (χ0) is 16.1. The van der Waals surface area contributed by atoms with Crippen LogP contribution >= 0.6 is 11.6 Å². The fourth-order valence-corrected chi connectivity index (χ4v) is 3.54. The third kappa shape index (κ3) is 2.42. The van der Waals surface area contributed by atoms with E-state index in [9.17, 15) is 9.90 Å². The summed E-state index contributed by atoms with van der Waals surface area (Å²) in [5, 5.41) is 14.2. The zero-order valence-electron chi connectivity index (χ0n) is 12.5. The molecule has 3 heterocycles. The fraction of sp³-hybridized carbons (Fsp3) is 0.438. The van der Waals surface area contributed by atoms with Crippen LogP contribution in [-0.4, -0.2) is 53.6 Å². The summed E-state index contributed by atoms with van der Waals surface area (Å²) in [6.07, 6.45) is -1.28. The third-order valence-electron chi connectivity index (χ3n) is 4.59. The highest BCUT2D eigenvalue weighted by Gasteiger charge is 2.47. The van der Waals surface area contributed by atoms with Crippen LogP contribution in [0.1, 0.15) is 16.1 Å². The molecule has 122 valence electrons. The van der Waals surface area contributed by atoms with Gasteiger partial charge in [-0.15, -0.1) is 0 Å². The molecule has 0 saturated carbocycles. The molecule has 0 spiro atoms. The molecule has 3 N–H and O–H groups in total. The van der Waals surface area contributed by atoms with Crippen molar-refractivity contribution in [3.8, 4) is 0 Å². The number of aliphatic hydroxyl groups is 1. The molecule has 0 radical (unpaired) electrons. The lowest BCUT2D eigenvalue weighted by Gasteiger charge is -2.17. The van der Waals surface area contributed by atoms with E-state index in [1.807, 2.05) is 19.1 Å². The number of carbonyl (C=O) groups excluding carboxylic acids is 1. The van der Waals surface area contributed by atoms with Crippen LogP contribution in [0.15, 0.2) is 18.2 Å². The first kappa shape index (κ1) is 15.0. The Kier molecular flexibility index (Phi) is 3.57. The van der Waals surface area contributed by atoms with E-state index in [4.69, 9.17) is 21.1 Å². The number of nitrogens with one attached hydrogen (secondary N) is 2. The molecule has 7 heteroatoms. The van der Waals surface area contributed by atoms with Gasteiger partial charge in [0.2, 0.25) is 0 Å². The van der Waals surface area contributed by atoms with Crippen molar-refractivity contribution in [2.75, 3.05) is 13.2 Å². The van der Waals surface area contributed by atoms with E-state index in [-0.39, 0.29) is 30.8 Å². The molecule has 0 bridgehead atoms. The average Bonchev–Trinajstić information content (AvgIpc) is 3.17. The van der Waals surface area contributed by atoms with Crippen LogP contribution in [-0.2, 0) is 9.47 Å². The normalized spacial score (nSPS) is 29.9. The highest BCUT2D eigenvalue weighted by molar-refractivity contribution is 6.31. The minimum atomic E-state index is -0.626. The standard InChI is InChI=1S/C16H17ClN2O4/c1-7-9-4-8(17)2-3-10(9)18-13(7)16(21)19-11-5-22-15-12(20)6-23-14(11)15/h2-4,11-12,14-15,18,20H,5-6H2,1H3,(H,19,21)/t11-,12+,14+,15+/m0/s1. The van der Waals surface area contributed by atoms with Gasteiger partial charge in [-0.05, 0) is 30.7 Å². The first-order valence-electron chi connectivity index (χ1n) is 7.54. The SMILES string of the molecule is Cc1c(C(=O)N[C@H]2CO[C@H]3[C@@H]2OC[C@H]3O)[nH]c2ccc(Cl)cc12. The highest BCUT2D eigenvalue weighted by Crippen LogP contribution is 2.28. The van der Waals surface area contributed by atoms with E-state index in [0.29, 0.717) is 17.3 Å². The Morgan fingerprint density at radius 3 is 2.96 bits per heavy atom. The van der Waals surface area contributed by atoms with Gasteiger partial charge in [0.15, 0.2) is 0 Å². The molecule has 1 aromatic heterocycles. The number of rotatable bonds is 2. The number of aromatic nitrogens is 1. The van der Waals surface area contributed by atoms with Crippen LogP contribution in [0.25, 0.3) is 10.9 Å². The second-order valence-electron chi connectivity index (χ2n) is 6.06. The Hall–Kier alpha value is -1.60. The van der Waals surface area contributed by atoms with E-state index >= 15 is 0 Å². The number of hydrogen-bond donors (Lipinski definition) is 3. The number of fused-ring (bicyclic) bond motifs is 2. The summed E-state index contributed by atoms with van der Waals surface area (Å²) in [6, 6.07) is 5.21. The van der Waals surface area contributed by atoms with Crippen molar-refractivity contribution in [2.24, 2.45) is 0 Å². The molecule has 4 rings (SSSR count). The predicted molar refractivity (Wildman–Crippen MR) is 84.8 cm³/mol. The molecule has 2 saturated heterocycles. The lowest BCUT2D eigenvalue weighted by Crippen LogP contribution is -2.44. The number of aliphatic hydroxyl groups excluding tert-OH is 1. The van der Waals surface area contributed by atoms with Gasteiger partial charge in [0.25, 0.3) is 5.91 Å². The lowest BCUT2D eigenvalue weighted by atomic mass is 10.1. The summed E-state index contributed by atoms with van der Waals surface area (Å²) in [7, 11) is 0. The van der Waals surface area contributed by atoms with E-state index in [2.05, 4.69) is 10.3 Å². The van der Waals surface area contributed by atoms with Crippen molar-refractivity contribution >= 4 is 28.4 Å². The number of ether oxygens (including phenoxy) is 2. The number of hydrogen-bond acceptors (Lipinski definition) is 4. The van der Waals surface area contributed by atoms with Gasteiger partial charge < -0.3 is 24.9 Å². The minimum absolute atomic E-state index is 0.214. The average molecular weight is 337 g/mol. The zero-order valence-corrected chi connectivity index (χ0v) is 13.3. The number of H-pyrrole nitrogens is 1. The van der Waals surface area contributed by atoms with Crippen molar-refractivity contribution < 1.29 is 19.4 Å². The summed E-state index contributed by atoms with van der Waals surface area (Å²) in [5.74, 6) is -0.214. The monoisotopic (exact) mass is 336 g/mol. The summed E-state index contributed by atoms with van der Waals surface area (Å²) in [6.45, 7) is 2.46. The molecule has 1 aromatic carbocycles. The van der Waals surface area contributed by atoms with E-state index in [0.717, 1.165) is 16.5 Å². The Labute approximate surface area is 137 Å². The van der Waals surface area contributed by atoms with Crippen LogP contribution in [0, 0.1) is 6.92 Å². The summed E-state index contributed by atoms with van der Waals surface area (Å²) < 4.78 is 11.1. The van der Waals surface area contributed by atoms with Crippen LogP contribution in [0.3, 0.4) is 0 Å². The van der Waals surface area contributed by atoms with Crippen LogP contribution in [0.2, 0.25) is 5.02 Å². The molecule has 23 heavy (non-hydrogen) atoms. The number of aryl methyl sites for hydroxylation is 1. The second-order valence-corrected chi connectivity index (χ2v) is 6.49. The first-order chi connectivity index (χ1) is 11.0. The number of carbonyl (C=O) groups is 1. The molecule has 0 aliphatic carbocycles. The molecule has 0 unspecified atom stereocenters. The highest BCUT2D eigenvalue weighted by atomic mass is 35.5. The maximum absolute atomic E-state index is 12.6. The molecule has 2 fully saturated rings. The second kappa shape index (κ2) is 5.49. The minimum Gasteiger partial charge on any atom is -0.388 e. The molecule has 6 nitrogen and oxygen atoms in total. The number of aromatic amines is 1. The third-order valence-corrected chi connectivity index (χ3v) is 4.83. The van der Waals surface area contributed by atoms with Gasteiger partial charge in [0.05, 0.1) is 19.3 Å². The largest absolute Gasteiger partial charge is 0.388 e. The van der Waals surface area contributed by atoms with Crippen molar-refractivity contribution in [3.05, 3.63) is 34.5 Å². The Balaban J connectivity index is 1.57. The Bertz CT molecular complexity index is 775. The van der Waals surface area contributed by atoms with E-state index < -0.39 is 6.10 Å². The Morgan fingerprint density at radius 2 is 2.13 bits per heavy atom. The maximum atomic E-state index is 12.6. The number of amides is 1. The fourth-order valence-electron chi connectivity index (χ4n) is 3.37. The van der Waals surface area contributed by atoms with Crippen molar-refractivity contribution in [1.29, 1.82) is 0 Å². The van der Waals surface area contributed by atoms with Gasteiger partial charge in [0, 0.05) is 15.9 Å². The molecule has 2 aliphatic heterocycles. The number of halogens is 1. The Morgan fingerprint density at radius 1 is 1.35 bits per heavy atom. The van der Waals surface area contributed by atoms with Gasteiger partial charge in [-0.25, -0.2) is 0 Å². The molecule has 2 aliphatic rings. The molecule has 1 amide bonds. The first-order valence-corrected chi connectivity index (χ1v) is 7.92. The van der Waals surface area contributed by atoms with Gasteiger partial charge in [0.1, 0.15) is 24.0 Å². The molecule has 4 atom stereocenters. The van der Waals surface area contributed by atoms with Crippen LogP contribution in [0.4, 0.5) is 0 Å². The summed E-state index contributed by atoms with van der Waals surface area (Å²) >= 11 is 6.02. The van der Waals surface area contributed by atoms with Crippen LogP contribution in [0.5, 0.6) is 0 Å². The molecular formula is C16H17ClN2O4. The topological polar surface area (TPSA) is 83.6 Å². The summed E-state index contributed by atoms with van der Waals surface area (Å²) in [4.78, 5) is 15.7. The van der Waals surface area contributed by atoms with Gasteiger partial charge in [-0.1, -0.05) is 11.6 Å². The van der Waals surface area contributed by atoms with Gasteiger partial charge in [-0.2, -0.15) is 0 Å². The molecular weight excluding hydrogens is 320 g/mol. The maximum Gasteiger partial charge on any atom is 0.268 e. The predicted octanol–water partition coefficient (Wildman–Crippen LogP) is 1.39. The van der Waals surface area contributed by atoms with Crippen LogP contribution < -0.4 is 5.32 Å². The smallest absolute Gasteiger partial charge is 0.268 e. The number of benzene rings is 1. The molecule has 2 aromatic rings. The van der Waals surface area contributed by atoms with Gasteiger partial charge >= 0.3 is 0 Å². The summed E-state index contributed by atoms with van der Waals surface area (Å²) in [5.41, 5.74) is 2.22. The quantitative estimate of drug-likeness (QED) is 0.774. The van der Waals surface area contributed by atoms with Crippen molar-refractivity contribution in [2.45, 2.75) is 31.3 Å². The van der Waals surface area contributed by atoms with Crippen molar-refractivity contribution in [1.82, 2.24) is 10.3 Å². The van der Waals surface area contributed by atoms with E-state index in [1.54, 1.807) is 6.07 Å². The van der Waals surface area contributed by atoms with E-state index in [1.165, 1.54) is 0 Å².